The molecule has 0 saturated heterocycles. The van der Waals surface area contributed by atoms with E-state index in [1.807, 2.05) is 45.3 Å². The first-order valence-corrected chi connectivity index (χ1v) is 9.47. The van der Waals surface area contributed by atoms with Crippen LogP contribution in [0.2, 0.25) is 0 Å². The van der Waals surface area contributed by atoms with E-state index in [-0.39, 0.29) is 12.0 Å². The summed E-state index contributed by atoms with van der Waals surface area (Å²) in [6.45, 7) is 2.28. The summed E-state index contributed by atoms with van der Waals surface area (Å²) in [7, 11) is 0. The van der Waals surface area contributed by atoms with E-state index in [0.717, 1.165) is 16.1 Å². The van der Waals surface area contributed by atoms with Crippen molar-refractivity contribution in [2.75, 3.05) is 6.54 Å². The van der Waals surface area contributed by atoms with Crippen LogP contribution in [0.3, 0.4) is 0 Å². The number of rotatable bonds is 5. The second-order valence-electron chi connectivity index (χ2n) is 6.32. The minimum Gasteiger partial charge on any atom is -0.370 e. The molecular weight excluding hydrogens is 348 g/mol. The van der Waals surface area contributed by atoms with Gasteiger partial charge in [0.1, 0.15) is 0 Å². The molecule has 0 aliphatic carbocycles. The average Bonchev–Trinajstić information content (AvgIpc) is 3.29. The Bertz CT molecular complexity index is 848. The van der Waals surface area contributed by atoms with Gasteiger partial charge in [-0.05, 0) is 35.2 Å². The van der Waals surface area contributed by atoms with Gasteiger partial charge >= 0.3 is 0 Å². The summed E-state index contributed by atoms with van der Waals surface area (Å²) in [5, 5.41) is 6.38. The van der Waals surface area contributed by atoms with Gasteiger partial charge < -0.3 is 9.64 Å². The van der Waals surface area contributed by atoms with Crippen LogP contribution in [0.5, 0.6) is 0 Å². The summed E-state index contributed by atoms with van der Waals surface area (Å²) in [6, 6.07) is 9.83. The molecule has 4 rings (SSSR count). The Morgan fingerprint density at radius 2 is 2.08 bits per heavy atom. The molecule has 0 radical (unpaired) electrons. The van der Waals surface area contributed by atoms with Gasteiger partial charge in [-0.3, -0.25) is 14.5 Å². The molecule has 1 amide bonds. The van der Waals surface area contributed by atoms with Crippen LogP contribution in [-0.4, -0.2) is 38.2 Å². The summed E-state index contributed by atoms with van der Waals surface area (Å²) >= 11 is 1.61. The summed E-state index contributed by atoms with van der Waals surface area (Å²) in [6.07, 6.45) is 5.63. The van der Waals surface area contributed by atoms with E-state index in [1.54, 1.807) is 29.9 Å². The molecule has 0 spiro atoms. The molecule has 6 nitrogen and oxygen atoms in total. The predicted molar refractivity (Wildman–Crippen MR) is 98.5 cm³/mol. The third kappa shape index (κ3) is 4.00. The monoisotopic (exact) mass is 368 g/mol. The number of aromatic nitrogens is 3. The molecule has 26 heavy (non-hydrogen) atoms. The molecule has 3 aromatic heterocycles. The van der Waals surface area contributed by atoms with Gasteiger partial charge in [0, 0.05) is 30.0 Å². The second-order valence-corrected chi connectivity index (χ2v) is 7.36. The Hall–Kier alpha value is -2.51. The van der Waals surface area contributed by atoms with Crippen molar-refractivity contribution < 1.29 is 9.53 Å². The van der Waals surface area contributed by atoms with Crippen molar-refractivity contribution in [2.24, 2.45) is 0 Å². The fourth-order valence-corrected chi connectivity index (χ4v) is 3.77. The molecule has 0 aromatic carbocycles. The molecule has 0 fully saturated rings. The Morgan fingerprint density at radius 3 is 2.88 bits per heavy atom. The maximum atomic E-state index is 12.8. The van der Waals surface area contributed by atoms with Crippen LogP contribution in [0.1, 0.15) is 16.1 Å². The number of hydrogen-bond acceptors (Lipinski definition) is 5. The zero-order valence-electron chi connectivity index (χ0n) is 14.3. The molecule has 4 heterocycles. The third-order valence-electron chi connectivity index (χ3n) is 4.45. The van der Waals surface area contributed by atoms with Gasteiger partial charge in [0.05, 0.1) is 37.9 Å². The lowest BCUT2D eigenvalue weighted by Crippen LogP contribution is -2.38. The van der Waals surface area contributed by atoms with Gasteiger partial charge in [-0.15, -0.1) is 11.3 Å². The van der Waals surface area contributed by atoms with Crippen molar-refractivity contribution in [2.45, 2.75) is 32.2 Å². The Labute approximate surface area is 156 Å². The van der Waals surface area contributed by atoms with Crippen LogP contribution >= 0.6 is 11.3 Å². The standard InChI is InChI=1S/C19H20N4O2S/c24-19(10-18-2-1-9-26-18)22-11-16-5-8-21-23(16)13-17(12-22)25-14-15-3-6-20-7-4-15/h1-9,17H,10-14H2. The SMILES string of the molecule is O=C(Cc1cccs1)N1Cc2ccnn2CC(OCc2ccncc2)C1. The van der Waals surface area contributed by atoms with Crippen molar-refractivity contribution >= 4 is 17.2 Å². The molecule has 1 atom stereocenters. The van der Waals surface area contributed by atoms with Crippen molar-refractivity contribution in [3.63, 3.8) is 0 Å². The van der Waals surface area contributed by atoms with Crippen molar-refractivity contribution in [3.05, 3.63) is 70.4 Å². The highest BCUT2D eigenvalue weighted by Gasteiger charge is 2.26. The number of thiophene rings is 1. The van der Waals surface area contributed by atoms with E-state index >= 15 is 0 Å². The van der Waals surface area contributed by atoms with E-state index in [0.29, 0.717) is 32.7 Å². The van der Waals surface area contributed by atoms with Crippen molar-refractivity contribution in [1.29, 1.82) is 0 Å². The quantitative estimate of drug-likeness (QED) is 0.694. The minimum atomic E-state index is -0.100. The molecule has 134 valence electrons. The lowest BCUT2D eigenvalue weighted by Gasteiger charge is -2.24. The number of hydrogen-bond donors (Lipinski definition) is 0. The van der Waals surface area contributed by atoms with E-state index < -0.39 is 0 Å². The van der Waals surface area contributed by atoms with Crippen LogP contribution < -0.4 is 0 Å². The number of carbonyl (C=O) groups is 1. The first-order chi connectivity index (χ1) is 12.8. The lowest BCUT2D eigenvalue weighted by molar-refractivity contribution is -0.133. The topological polar surface area (TPSA) is 60.2 Å². The number of nitrogens with zero attached hydrogens (tertiary/aromatic N) is 4. The van der Waals surface area contributed by atoms with Crippen LogP contribution in [0, 0.1) is 0 Å². The largest absolute Gasteiger partial charge is 0.370 e. The van der Waals surface area contributed by atoms with E-state index in [4.69, 9.17) is 4.74 Å². The number of amides is 1. The van der Waals surface area contributed by atoms with Crippen molar-refractivity contribution in [1.82, 2.24) is 19.7 Å². The number of carbonyl (C=O) groups excluding carboxylic acids is 1. The fraction of sp³-hybridized carbons (Fsp3) is 0.316. The summed E-state index contributed by atoms with van der Waals surface area (Å²) in [5.74, 6) is 0.125. The molecule has 1 aliphatic rings. The highest BCUT2D eigenvalue weighted by Crippen LogP contribution is 2.18. The fourth-order valence-electron chi connectivity index (χ4n) is 3.08. The molecule has 3 aromatic rings. The molecular formula is C19H20N4O2S. The van der Waals surface area contributed by atoms with Gasteiger partial charge in [-0.2, -0.15) is 5.10 Å². The van der Waals surface area contributed by atoms with Crippen LogP contribution in [0.15, 0.2) is 54.3 Å². The zero-order chi connectivity index (χ0) is 17.8. The number of pyridine rings is 1. The average molecular weight is 368 g/mol. The summed E-state index contributed by atoms with van der Waals surface area (Å²) < 4.78 is 8.05. The molecule has 0 bridgehead atoms. The van der Waals surface area contributed by atoms with E-state index in [9.17, 15) is 4.79 Å². The Balaban J connectivity index is 1.47. The first-order valence-electron chi connectivity index (χ1n) is 8.59. The highest BCUT2D eigenvalue weighted by atomic mass is 32.1. The van der Waals surface area contributed by atoms with Gasteiger partial charge in [-0.1, -0.05) is 6.07 Å². The van der Waals surface area contributed by atoms with Gasteiger partial charge in [0.2, 0.25) is 5.91 Å². The number of fused-ring (bicyclic) bond motifs is 1. The summed E-state index contributed by atoms with van der Waals surface area (Å²) in [5.41, 5.74) is 2.11. The molecule has 0 saturated carbocycles. The van der Waals surface area contributed by atoms with Gasteiger partial charge in [0.25, 0.3) is 0 Å². The maximum Gasteiger partial charge on any atom is 0.228 e. The van der Waals surface area contributed by atoms with Gasteiger partial charge in [-0.25, -0.2) is 0 Å². The zero-order valence-corrected chi connectivity index (χ0v) is 15.1. The highest BCUT2D eigenvalue weighted by molar-refractivity contribution is 7.10. The first kappa shape index (κ1) is 16.9. The molecule has 7 heteroatoms. The third-order valence-corrected chi connectivity index (χ3v) is 5.33. The molecule has 1 aliphatic heterocycles. The Kier molecular flexibility index (Phi) is 5.08. The van der Waals surface area contributed by atoms with Crippen LogP contribution in [-0.2, 0) is 35.6 Å². The van der Waals surface area contributed by atoms with Crippen LogP contribution in [0.4, 0.5) is 0 Å². The smallest absolute Gasteiger partial charge is 0.228 e. The number of ether oxygens (including phenoxy) is 1. The minimum absolute atomic E-state index is 0.100. The maximum absolute atomic E-state index is 12.8. The van der Waals surface area contributed by atoms with E-state index in [2.05, 4.69) is 10.1 Å². The van der Waals surface area contributed by atoms with Crippen LogP contribution in [0.25, 0.3) is 0 Å². The lowest BCUT2D eigenvalue weighted by atomic mass is 10.2. The summed E-state index contributed by atoms with van der Waals surface area (Å²) in [4.78, 5) is 19.8. The molecule has 0 N–H and O–H groups in total. The van der Waals surface area contributed by atoms with Crippen molar-refractivity contribution in [3.8, 4) is 0 Å². The predicted octanol–water partition coefficient (Wildman–Crippen LogP) is 2.51. The Morgan fingerprint density at radius 1 is 1.19 bits per heavy atom. The second kappa shape index (κ2) is 7.80. The van der Waals surface area contributed by atoms with E-state index in [1.165, 1.54) is 0 Å². The normalized spacial score (nSPS) is 16.9. The van der Waals surface area contributed by atoms with Gasteiger partial charge in [0.15, 0.2) is 0 Å². The molecule has 1 unspecified atom stereocenters.